The lowest BCUT2D eigenvalue weighted by Gasteiger charge is -2.12. The van der Waals surface area contributed by atoms with Gasteiger partial charge in [-0.25, -0.2) is 9.97 Å². The van der Waals surface area contributed by atoms with Crippen LogP contribution in [0, 0.1) is 6.92 Å². The molecule has 1 aromatic heterocycles. The maximum absolute atomic E-state index is 10.8. The summed E-state index contributed by atoms with van der Waals surface area (Å²) in [7, 11) is 0. The quantitative estimate of drug-likeness (QED) is 0.842. The van der Waals surface area contributed by atoms with E-state index in [0.29, 0.717) is 5.82 Å². The molecule has 0 spiro atoms. The van der Waals surface area contributed by atoms with Gasteiger partial charge < -0.3 is 10.4 Å². The summed E-state index contributed by atoms with van der Waals surface area (Å²) in [6.45, 7) is 3.52. The van der Waals surface area contributed by atoms with Crippen LogP contribution in [0.4, 0.5) is 5.82 Å². The van der Waals surface area contributed by atoms with Crippen LogP contribution < -0.4 is 5.32 Å². The maximum atomic E-state index is 10.8. The molecule has 1 atom stereocenters. The monoisotopic (exact) mass is 231 g/mol. The topological polar surface area (TPSA) is 75.1 Å². The van der Waals surface area contributed by atoms with Crippen molar-refractivity contribution in [2.45, 2.75) is 19.9 Å². The summed E-state index contributed by atoms with van der Waals surface area (Å²) in [6.07, 6.45) is 1.43. The number of carbonyl (C=O) groups is 1. The van der Waals surface area contributed by atoms with Gasteiger partial charge in [0.2, 0.25) is 0 Å². The minimum Gasteiger partial charge on any atom is -0.480 e. The molecule has 0 saturated heterocycles. The van der Waals surface area contributed by atoms with E-state index in [1.165, 1.54) is 6.33 Å². The summed E-state index contributed by atoms with van der Waals surface area (Å²) in [6, 6.07) is 5.05. The van der Waals surface area contributed by atoms with E-state index in [-0.39, 0.29) is 0 Å². The van der Waals surface area contributed by atoms with E-state index in [1.807, 2.05) is 25.1 Å². The highest BCUT2D eigenvalue weighted by Gasteiger charge is 2.13. The van der Waals surface area contributed by atoms with Crippen molar-refractivity contribution in [3.8, 4) is 0 Å². The number of aromatic nitrogens is 2. The molecule has 5 heteroatoms. The average molecular weight is 231 g/mol. The number of anilines is 1. The SMILES string of the molecule is Cc1cccc2ncnc(NC(C)C(=O)O)c12. The Morgan fingerprint density at radius 3 is 2.88 bits per heavy atom. The van der Waals surface area contributed by atoms with Gasteiger partial charge in [-0.05, 0) is 25.5 Å². The number of rotatable bonds is 3. The van der Waals surface area contributed by atoms with Crippen molar-refractivity contribution in [3.63, 3.8) is 0 Å². The Kier molecular flexibility index (Phi) is 2.91. The Balaban J connectivity index is 2.50. The smallest absolute Gasteiger partial charge is 0.325 e. The zero-order chi connectivity index (χ0) is 12.4. The summed E-state index contributed by atoms with van der Waals surface area (Å²) in [5, 5.41) is 12.6. The molecule has 1 heterocycles. The lowest BCUT2D eigenvalue weighted by atomic mass is 10.1. The predicted molar refractivity (Wildman–Crippen MR) is 65.0 cm³/mol. The van der Waals surface area contributed by atoms with Crippen molar-refractivity contribution < 1.29 is 9.90 Å². The van der Waals surface area contributed by atoms with Gasteiger partial charge in [0.05, 0.1) is 5.52 Å². The van der Waals surface area contributed by atoms with Crippen LogP contribution in [0.3, 0.4) is 0 Å². The molecule has 2 N–H and O–H groups in total. The first kappa shape index (κ1) is 11.3. The number of hydrogen-bond acceptors (Lipinski definition) is 4. The first-order valence-electron chi connectivity index (χ1n) is 5.29. The molecule has 1 aromatic carbocycles. The molecular formula is C12H13N3O2. The molecule has 0 saturated carbocycles. The number of carboxylic acids is 1. The summed E-state index contributed by atoms with van der Waals surface area (Å²) in [5.41, 5.74) is 1.82. The Morgan fingerprint density at radius 2 is 2.18 bits per heavy atom. The minimum atomic E-state index is -0.912. The first-order chi connectivity index (χ1) is 8.09. The van der Waals surface area contributed by atoms with Gasteiger partial charge in [-0.3, -0.25) is 4.79 Å². The fraction of sp³-hybridized carbons (Fsp3) is 0.250. The Morgan fingerprint density at radius 1 is 1.41 bits per heavy atom. The summed E-state index contributed by atoms with van der Waals surface area (Å²) >= 11 is 0. The van der Waals surface area contributed by atoms with Crippen LogP contribution in [0.1, 0.15) is 12.5 Å². The number of aliphatic carboxylic acids is 1. The minimum absolute atomic E-state index is 0.558. The van der Waals surface area contributed by atoms with Crippen LogP contribution >= 0.6 is 0 Å². The van der Waals surface area contributed by atoms with Crippen LogP contribution in [-0.4, -0.2) is 27.1 Å². The zero-order valence-electron chi connectivity index (χ0n) is 9.64. The molecule has 0 bridgehead atoms. The van der Waals surface area contributed by atoms with E-state index in [4.69, 9.17) is 5.11 Å². The van der Waals surface area contributed by atoms with Gasteiger partial charge in [-0.2, -0.15) is 0 Å². The van der Waals surface area contributed by atoms with Crippen molar-refractivity contribution in [3.05, 3.63) is 30.1 Å². The second kappa shape index (κ2) is 4.37. The molecule has 88 valence electrons. The first-order valence-corrected chi connectivity index (χ1v) is 5.29. The van der Waals surface area contributed by atoms with Crippen molar-refractivity contribution in [1.29, 1.82) is 0 Å². The summed E-state index contributed by atoms with van der Waals surface area (Å²) < 4.78 is 0. The fourth-order valence-corrected chi connectivity index (χ4v) is 1.66. The number of aryl methyl sites for hydroxylation is 1. The third-order valence-electron chi connectivity index (χ3n) is 2.59. The highest BCUT2D eigenvalue weighted by molar-refractivity contribution is 5.93. The van der Waals surface area contributed by atoms with Gasteiger partial charge >= 0.3 is 5.97 Å². The van der Waals surface area contributed by atoms with Gasteiger partial charge in [-0.1, -0.05) is 12.1 Å². The Labute approximate surface area is 98.5 Å². The second-order valence-electron chi connectivity index (χ2n) is 3.90. The van der Waals surface area contributed by atoms with Crippen LogP contribution in [0.2, 0.25) is 0 Å². The maximum Gasteiger partial charge on any atom is 0.325 e. The van der Waals surface area contributed by atoms with Gasteiger partial charge in [0.1, 0.15) is 18.2 Å². The zero-order valence-corrected chi connectivity index (χ0v) is 9.64. The fourth-order valence-electron chi connectivity index (χ4n) is 1.66. The normalized spacial score (nSPS) is 12.4. The number of carboxylic acid groups (broad SMARTS) is 1. The number of hydrogen-bond donors (Lipinski definition) is 2. The van der Waals surface area contributed by atoms with E-state index in [9.17, 15) is 4.79 Å². The molecule has 0 fully saturated rings. The number of nitrogens with one attached hydrogen (secondary N) is 1. The van der Waals surface area contributed by atoms with Crippen molar-refractivity contribution >= 4 is 22.7 Å². The highest BCUT2D eigenvalue weighted by atomic mass is 16.4. The van der Waals surface area contributed by atoms with Crippen LogP contribution in [0.25, 0.3) is 10.9 Å². The predicted octanol–water partition coefficient (Wildman–Crippen LogP) is 1.82. The van der Waals surface area contributed by atoms with Gasteiger partial charge in [0, 0.05) is 5.39 Å². The Bertz CT molecular complexity index is 563. The number of nitrogens with zero attached hydrogens (tertiary/aromatic N) is 2. The van der Waals surface area contributed by atoms with Crippen molar-refractivity contribution in [2.24, 2.45) is 0 Å². The molecular weight excluding hydrogens is 218 g/mol. The standard InChI is InChI=1S/C12H13N3O2/c1-7-4-3-5-9-10(7)11(14-6-13-9)15-8(2)12(16)17/h3-6,8H,1-2H3,(H,16,17)(H,13,14,15). The van der Waals surface area contributed by atoms with Crippen LogP contribution in [0.5, 0.6) is 0 Å². The molecule has 0 radical (unpaired) electrons. The van der Waals surface area contributed by atoms with Crippen molar-refractivity contribution in [1.82, 2.24) is 9.97 Å². The molecule has 0 aliphatic heterocycles. The van der Waals surface area contributed by atoms with Crippen LogP contribution in [0.15, 0.2) is 24.5 Å². The molecule has 2 rings (SSSR count). The van der Waals surface area contributed by atoms with E-state index in [1.54, 1.807) is 6.92 Å². The molecule has 1 unspecified atom stereocenters. The van der Waals surface area contributed by atoms with E-state index >= 15 is 0 Å². The Hall–Kier alpha value is -2.17. The van der Waals surface area contributed by atoms with Crippen LogP contribution in [-0.2, 0) is 4.79 Å². The molecule has 5 nitrogen and oxygen atoms in total. The number of benzene rings is 1. The lowest BCUT2D eigenvalue weighted by Crippen LogP contribution is -2.26. The largest absolute Gasteiger partial charge is 0.480 e. The third kappa shape index (κ3) is 2.18. The second-order valence-corrected chi connectivity index (χ2v) is 3.90. The summed E-state index contributed by atoms with van der Waals surface area (Å²) in [4.78, 5) is 19.1. The van der Waals surface area contributed by atoms with Gasteiger partial charge in [-0.15, -0.1) is 0 Å². The van der Waals surface area contributed by atoms with E-state index in [2.05, 4.69) is 15.3 Å². The van der Waals surface area contributed by atoms with Crippen molar-refractivity contribution in [2.75, 3.05) is 5.32 Å². The average Bonchev–Trinajstić information content (AvgIpc) is 2.29. The van der Waals surface area contributed by atoms with E-state index in [0.717, 1.165) is 16.5 Å². The van der Waals surface area contributed by atoms with Gasteiger partial charge in [0.15, 0.2) is 0 Å². The van der Waals surface area contributed by atoms with E-state index < -0.39 is 12.0 Å². The molecule has 0 amide bonds. The highest BCUT2D eigenvalue weighted by Crippen LogP contribution is 2.23. The molecule has 0 aliphatic carbocycles. The third-order valence-corrected chi connectivity index (χ3v) is 2.59. The summed E-state index contributed by atoms with van der Waals surface area (Å²) in [5.74, 6) is -0.353. The molecule has 17 heavy (non-hydrogen) atoms. The lowest BCUT2D eigenvalue weighted by molar-refractivity contribution is -0.137. The van der Waals surface area contributed by atoms with Gasteiger partial charge in [0.25, 0.3) is 0 Å². The molecule has 2 aromatic rings. The molecule has 0 aliphatic rings. The number of fused-ring (bicyclic) bond motifs is 1.